The number of nitrogens with one attached hydrogen (secondary N) is 1. The number of nitrogens with zero attached hydrogens (tertiary/aromatic N) is 3. The number of hydrogen-bond donors (Lipinski definition) is 1. The molecule has 30 heavy (non-hydrogen) atoms. The van der Waals surface area contributed by atoms with E-state index in [4.69, 9.17) is 4.74 Å². The van der Waals surface area contributed by atoms with Crippen LogP contribution >= 0.6 is 11.3 Å². The summed E-state index contributed by atoms with van der Waals surface area (Å²) in [6, 6.07) is 7.74. The molecule has 8 nitrogen and oxygen atoms in total. The fourth-order valence-corrected chi connectivity index (χ4v) is 3.33. The van der Waals surface area contributed by atoms with Gasteiger partial charge in [0.2, 0.25) is 10.9 Å². The number of ether oxygens (including phenoxy) is 1. The Morgan fingerprint density at radius 3 is 2.47 bits per heavy atom. The molecule has 2 heterocycles. The predicted molar refractivity (Wildman–Crippen MR) is 115 cm³/mol. The lowest BCUT2D eigenvalue weighted by atomic mass is 9.95. The molecule has 0 aliphatic heterocycles. The number of aromatic nitrogens is 3. The summed E-state index contributed by atoms with van der Waals surface area (Å²) in [4.78, 5) is 41.4. The van der Waals surface area contributed by atoms with Gasteiger partial charge in [0.1, 0.15) is 11.6 Å². The summed E-state index contributed by atoms with van der Waals surface area (Å²) in [6.07, 6.45) is 0. The van der Waals surface area contributed by atoms with Crippen molar-refractivity contribution < 1.29 is 14.3 Å². The summed E-state index contributed by atoms with van der Waals surface area (Å²) >= 11 is 1.34. The second-order valence-corrected chi connectivity index (χ2v) is 9.22. The van der Waals surface area contributed by atoms with Crippen molar-refractivity contribution in [3.8, 4) is 0 Å². The van der Waals surface area contributed by atoms with Gasteiger partial charge in [0.25, 0.3) is 5.56 Å². The van der Waals surface area contributed by atoms with Gasteiger partial charge >= 0.3 is 5.97 Å². The number of carbonyl (C=O) groups is 2. The first kappa shape index (κ1) is 21.6. The van der Waals surface area contributed by atoms with E-state index in [0.29, 0.717) is 21.9 Å². The summed E-state index contributed by atoms with van der Waals surface area (Å²) < 4.78 is 6.55. The topological polar surface area (TPSA) is 103 Å². The molecule has 0 unspecified atom stereocenters. The van der Waals surface area contributed by atoms with Crippen LogP contribution in [0.25, 0.3) is 4.96 Å². The molecule has 2 aromatic heterocycles. The summed E-state index contributed by atoms with van der Waals surface area (Å²) in [5.74, 6) is -0.472. The van der Waals surface area contributed by atoms with Crippen molar-refractivity contribution in [2.45, 2.75) is 47.1 Å². The number of esters is 1. The molecule has 3 rings (SSSR count). The monoisotopic (exact) mass is 428 g/mol. The summed E-state index contributed by atoms with van der Waals surface area (Å²) in [6.45, 7) is 9.32. The van der Waals surface area contributed by atoms with E-state index in [1.807, 2.05) is 34.6 Å². The van der Waals surface area contributed by atoms with Gasteiger partial charge < -0.3 is 10.1 Å². The third-order valence-electron chi connectivity index (χ3n) is 4.22. The van der Waals surface area contributed by atoms with Crippen molar-refractivity contribution in [3.05, 3.63) is 57.0 Å². The first-order valence-electron chi connectivity index (χ1n) is 9.53. The minimum Gasteiger partial charge on any atom is -0.456 e. The van der Waals surface area contributed by atoms with Gasteiger partial charge in [-0.05, 0) is 24.3 Å². The van der Waals surface area contributed by atoms with E-state index >= 15 is 0 Å². The molecule has 1 amide bonds. The van der Waals surface area contributed by atoms with E-state index in [-0.39, 0.29) is 24.0 Å². The van der Waals surface area contributed by atoms with Gasteiger partial charge in [0, 0.05) is 23.1 Å². The molecule has 1 N–H and O–H groups in total. The van der Waals surface area contributed by atoms with E-state index in [0.717, 1.165) is 5.01 Å². The van der Waals surface area contributed by atoms with Crippen molar-refractivity contribution in [2.24, 2.45) is 5.41 Å². The number of anilines is 1. The summed E-state index contributed by atoms with van der Waals surface area (Å²) in [5.41, 5.74) is 0.465. The zero-order chi connectivity index (χ0) is 22.1. The Bertz CT molecular complexity index is 1140. The van der Waals surface area contributed by atoms with Crippen LogP contribution in [0.2, 0.25) is 0 Å². The van der Waals surface area contributed by atoms with Gasteiger partial charge in [-0.25, -0.2) is 9.78 Å². The van der Waals surface area contributed by atoms with Gasteiger partial charge in [-0.2, -0.15) is 9.61 Å². The van der Waals surface area contributed by atoms with Gasteiger partial charge in [0.05, 0.1) is 11.3 Å². The molecule has 0 aliphatic rings. The Balaban J connectivity index is 1.67. The zero-order valence-electron chi connectivity index (χ0n) is 17.6. The van der Waals surface area contributed by atoms with E-state index in [2.05, 4.69) is 15.4 Å². The molecule has 0 radical (unpaired) electrons. The van der Waals surface area contributed by atoms with Crippen LogP contribution in [-0.2, 0) is 16.1 Å². The van der Waals surface area contributed by atoms with Crippen LogP contribution in [0.4, 0.5) is 5.69 Å². The molecule has 1 aromatic carbocycles. The lowest BCUT2D eigenvalue weighted by Gasteiger charge is -2.17. The molecule has 0 saturated heterocycles. The number of benzene rings is 1. The van der Waals surface area contributed by atoms with Gasteiger partial charge in [0.15, 0.2) is 0 Å². The Morgan fingerprint density at radius 1 is 1.20 bits per heavy atom. The van der Waals surface area contributed by atoms with Gasteiger partial charge in [-0.15, -0.1) is 0 Å². The first-order chi connectivity index (χ1) is 14.0. The maximum atomic E-state index is 12.3. The molecule has 0 aliphatic carbocycles. The van der Waals surface area contributed by atoms with Gasteiger partial charge in [-0.1, -0.05) is 46.0 Å². The van der Waals surface area contributed by atoms with Crippen LogP contribution in [0.15, 0.2) is 35.1 Å². The number of amides is 1. The lowest BCUT2D eigenvalue weighted by Crippen LogP contribution is -2.27. The second kappa shape index (κ2) is 8.35. The van der Waals surface area contributed by atoms with Crippen molar-refractivity contribution >= 4 is 33.9 Å². The highest BCUT2D eigenvalue weighted by atomic mass is 32.1. The largest absolute Gasteiger partial charge is 0.456 e. The zero-order valence-corrected chi connectivity index (χ0v) is 18.4. The van der Waals surface area contributed by atoms with E-state index in [9.17, 15) is 14.4 Å². The van der Waals surface area contributed by atoms with E-state index in [1.165, 1.54) is 21.9 Å². The Hall–Kier alpha value is -3.07. The fraction of sp³-hybridized carbons (Fsp3) is 0.381. The minimum absolute atomic E-state index is 0.116. The third-order valence-corrected chi connectivity index (χ3v) is 5.43. The molecule has 158 valence electrons. The molecular weight excluding hydrogens is 404 g/mol. The minimum atomic E-state index is -0.544. The predicted octanol–water partition coefficient (Wildman–Crippen LogP) is 3.62. The molecule has 9 heteroatoms. The first-order valence-corrected chi connectivity index (χ1v) is 10.3. The number of rotatable bonds is 5. The fourth-order valence-electron chi connectivity index (χ4n) is 2.41. The molecule has 0 fully saturated rings. The molecule has 3 aromatic rings. The average Bonchev–Trinajstić information content (AvgIpc) is 3.11. The van der Waals surface area contributed by atoms with Crippen LogP contribution in [0, 0.1) is 5.41 Å². The van der Waals surface area contributed by atoms with Crippen molar-refractivity contribution in [2.75, 3.05) is 5.32 Å². The number of carbonyl (C=O) groups excluding carboxylic acids is 2. The Kier molecular flexibility index (Phi) is 6.02. The van der Waals surface area contributed by atoms with Crippen LogP contribution in [0.5, 0.6) is 0 Å². The van der Waals surface area contributed by atoms with Gasteiger partial charge in [-0.3, -0.25) is 9.59 Å². The molecule has 0 saturated carbocycles. The normalized spacial score (nSPS) is 11.7. The quantitative estimate of drug-likeness (QED) is 0.623. The van der Waals surface area contributed by atoms with E-state index in [1.54, 1.807) is 24.3 Å². The average molecular weight is 429 g/mol. The third kappa shape index (κ3) is 4.91. The van der Waals surface area contributed by atoms with Crippen molar-refractivity contribution in [1.82, 2.24) is 14.6 Å². The van der Waals surface area contributed by atoms with Crippen molar-refractivity contribution in [3.63, 3.8) is 0 Å². The van der Waals surface area contributed by atoms with Crippen LogP contribution in [-0.4, -0.2) is 26.5 Å². The Morgan fingerprint density at radius 2 is 1.87 bits per heavy atom. The summed E-state index contributed by atoms with van der Waals surface area (Å²) in [7, 11) is 0. The smallest absolute Gasteiger partial charge is 0.338 e. The van der Waals surface area contributed by atoms with Crippen LogP contribution in [0.1, 0.15) is 61.6 Å². The van der Waals surface area contributed by atoms with Crippen LogP contribution in [0.3, 0.4) is 0 Å². The molecule has 0 spiro atoms. The highest BCUT2D eigenvalue weighted by Crippen LogP contribution is 2.20. The lowest BCUT2D eigenvalue weighted by molar-refractivity contribution is -0.123. The second-order valence-electron chi connectivity index (χ2n) is 8.23. The van der Waals surface area contributed by atoms with E-state index < -0.39 is 11.4 Å². The SMILES string of the molecule is CC(C)c1nn2c(=O)cc(COC(=O)c3ccc(NC(=O)C(C)(C)C)cc3)nc2s1. The number of hydrogen-bond acceptors (Lipinski definition) is 7. The number of fused-ring (bicyclic) bond motifs is 1. The highest BCUT2D eigenvalue weighted by molar-refractivity contribution is 7.16. The standard InChI is InChI=1S/C21H24N4O4S/c1-12(2)17-24-25-16(26)10-15(23-20(25)30-17)11-29-18(27)13-6-8-14(9-7-13)22-19(28)21(3,4)5/h6-10,12H,11H2,1-5H3,(H,22,28). The maximum Gasteiger partial charge on any atom is 0.338 e. The summed E-state index contributed by atoms with van der Waals surface area (Å²) in [5, 5.41) is 7.87. The van der Waals surface area contributed by atoms with Crippen LogP contribution < -0.4 is 10.9 Å². The maximum absolute atomic E-state index is 12.3. The molecule has 0 bridgehead atoms. The van der Waals surface area contributed by atoms with Crippen molar-refractivity contribution in [1.29, 1.82) is 0 Å². The molecule has 0 atom stereocenters. The Labute approximate surface area is 177 Å². The molecular formula is C21H24N4O4S. The highest BCUT2D eigenvalue weighted by Gasteiger charge is 2.21.